The lowest BCUT2D eigenvalue weighted by atomic mass is 10.1. The van der Waals surface area contributed by atoms with E-state index in [1.807, 2.05) is 40.8 Å². The van der Waals surface area contributed by atoms with E-state index in [0.29, 0.717) is 0 Å². The van der Waals surface area contributed by atoms with E-state index in [1.165, 1.54) is 18.4 Å². The largest absolute Gasteiger partial charge is 0.262 e. The molecule has 0 saturated heterocycles. The van der Waals surface area contributed by atoms with Crippen LogP contribution in [0.4, 0.5) is 0 Å². The van der Waals surface area contributed by atoms with Crippen LogP contribution in [0.5, 0.6) is 0 Å². The van der Waals surface area contributed by atoms with E-state index in [2.05, 4.69) is 17.1 Å². The molecule has 0 N–H and O–H groups in total. The third kappa shape index (κ3) is 4.40. The van der Waals surface area contributed by atoms with E-state index in [9.17, 15) is 0 Å². The van der Waals surface area contributed by atoms with Crippen LogP contribution in [-0.4, -0.2) is 4.98 Å². The van der Waals surface area contributed by atoms with Crippen LogP contribution in [0, 0.1) is 6.92 Å². The van der Waals surface area contributed by atoms with Gasteiger partial charge < -0.3 is 0 Å². The first-order chi connectivity index (χ1) is 6.86. The fraction of sp³-hybridized carbons (Fsp3) is 0.615. The van der Waals surface area contributed by atoms with Gasteiger partial charge in [0.05, 0.1) is 0 Å². The summed E-state index contributed by atoms with van der Waals surface area (Å²) >= 11 is 0. The predicted octanol–water partition coefficient (Wildman–Crippen LogP) is 4.32. The maximum absolute atomic E-state index is 4.15. The lowest BCUT2D eigenvalue weighted by Crippen LogP contribution is -1.83. The summed E-state index contributed by atoms with van der Waals surface area (Å²) in [7, 11) is 0. The maximum atomic E-state index is 4.15. The second kappa shape index (κ2) is 7.54. The first-order valence-corrected chi connectivity index (χ1v) is 5.79. The van der Waals surface area contributed by atoms with Crippen LogP contribution in [0.25, 0.3) is 0 Å². The minimum absolute atomic E-state index is 0.863. The molecule has 0 aliphatic heterocycles. The van der Waals surface area contributed by atoms with Crippen molar-refractivity contribution >= 4 is 0 Å². The predicted molar refractivity (Wildman–Crippen MR) is 63.6 cm³/mol. The van der Waals surface area contributed by atoms with Crippen molar-refractivity contribution in [1.82, 2.24) is 4.98 Å². The molecule has 0 spiro atoms. The van der Waals surface area contributed by atoms with Gasteiger partial charge in [0.1, 0.15) is 0 Å². The van der Waals surface area contributed by atoms with Crippen LogP contribution in [0.15, 0.2) is 18.3 Å². The Morgan fingerprint density at radius 1 is 1.14 bits per heavy atom. The van der Waals surface area contributed by atoms with Crippen molar-refractivity contribution in [2.24, 2.45) is 0 Å². The minimum atomic E-state index is 0.863. The third-order valence-electron chi connectivity index (χ3n) is 1.97. The van der Waals surface area contributed by atoms with Gasteiger partial charge in [0.15, 0.2) is 0 Å². The number of rotatable bonds is 1. The highest BCUT2D eigenvalue weighted by Gasteiger charge is 2.22. The zero-order valence-electron chi connectivity index (χ0n) is 10.2. The molecule has 1 aliphatic carbocycles. The smallest absolute Gasteiger partial charge is 0.0375 e. The Hall–Kier alpha value is -0.850. The third-order valence-corrected chi connectivity index (χ3v) is 1.97. The molecule has 1 fully saturated rings. The van der Waals surface area contributed by atoms with Gasteiger partial charge in [-0.05, 0) is 43.4 Å². The van der Waals surface area contributed by atoms with Crippen LogP contribution in [0.2, 0.25) is 0 Å². The van der Waals surface area contributed by atoms with E-state index in [0.717, 1.165) is 11.6 Å². The van der Waals surface area contributed by atoms with E-state index in [4.69, 9.17) is 0 Å². The minimum Gasteiger partial charge on any atom is -0.262 e. The second-order valence-corrected chi connectivity index (χ2v) is 3.00. The van der Waals surface area contributed by atoms with Gasteiger partial charge in [-0.1, -0.05) is 27.7 Å². The summed E-state index contributed by atoms with van der Waals surface area (Å²) in [6, 6.07) is 4.32. The SMILES string of the molecule is CC.CC.Cc1cc(C2CC2)ccn1. The normalized spacial score (nSPS) is 13.2. The average Bonchev–Trinajstić information content (AvgIpc) is 3.07. The average molecular weight is 193 g/mol. The van der Waals surface area contributed by atoms with Crippen molar-refractivity contribution in [3.63, 3.8) is 0 Å². The van der Waals surface area contributed by atoms with Gasteiger partial charge in [-0.25, -0.2) is 0 Å². The molecule has 0 atom stereocenters. The topological polar surface area (TPSA) is 12.9 Å². The molecular formula is C13H23N. The molecule has 0 radical (unpaired) electrons. The molecule has 1 heterocycles. The number of hydrogen-bond donors (Lipinski definition) is 0. The molecular weight excluding hydrogens is 170 g/mol. The molecule has 0 bridgehead atoms. The number of pyridine rings is 1. The Labute approximate surface area is 88.6 Å². The van der Waals surface area contributed by atoms with E-state index in [1.54, 1.807) is 0 Å². The van der Waals surface area contributed by atoms with Crippen LogP contribution in [-0.2, 0) is 0 Å². The lowest BCUT2D eigenvalue weighted by Gasteiger charge is -1.96. The molecule has 1 aromatic rings. The van der Waals surface area contributed by atoms with Crippen LogP contribution in [0.3, 0.4) is 0 Å². The van der Waals surface area contributed by atoms with E-state index in [-0.39, 0.29) is 0 Å². The van der Waals surface area contributed by atoms with Crippen molar-refractivity contribution in [1.29, 1.82) is 0 Å². The van der Waals surface area contributed by atoms with Gasteiger partial charge in [-0.2, -0.15) is 0 Å². The Morgan fingerprint density at radius 3 is 2.14 bits per heavy atom. The summed E-state index contributed by atoms with van der Waals surface area (Å²) in [5.74, 6) is 0.863. The van der Waals surface area contributed by atoms with Crippen molar-refractivity contribution in [2.75, 3.05) is 0 Å². The van der Waals surface area contributed by atoms with E-state index >= 15 is 0 Å². The molecule has 1 aromatic heterocycles. The summed E-state index contributed by atoms with van der Waals surface area (Å²) < 4.78 is 0. The van der Waals surface area contributed by atoms with Crippen LogP contribution in [0.1, 0.15) is 57.7 Å². The fourth-order valence-electron chi connectivity index (χ4n) is 1.24. The standard InChI is InChI=1S/C9H11N.2C2H6/c1-7-6-9(4-5-10-7)8-2-3-8;2*1-2/h4-6,8H,2-3H2,1H3;2*1-2H3. The highest BCUT2D eigenvalue weighted by molar-refractivity contribution is 5.23. The van der Waals surface area contributed by atoms with Gasteiger partial charge in [0.2, 0.25) is 0 Å². The molecule has 0 aromatic carbocycles. The summed E-state index contributed by atoms with van der Waals surface area (Å²) in [6.45, 7) is 10.0. The Balaban J connectivity index is 0.000000379. The maximum Gasteiger partial charge on any atom is 0.0375 e. The molecule has 2 rings (SSSR count). The number of aryl methyl sites for hydroxylation is 1. The highest BCUT2D eigenvalue weighted by Crippen LogP contribution is 2.39. The van der Waals surface area contributed by atoms with Gasteiger partial charge >= 0.3 is 0 Å². The first kappa shape index (κ1) is 13.2. The van der Waals surface area contributed by atoms with Gasteiger partial charge in [-0.3, -0.25) is 4.98 Å². The van der Waals surface area contributed by atoms with Crippen molar-refractivity contribution in [3.05, 3.63) is 29.6 Å². The highest BCUT2D eigenvalue weighted by atomic mass is 14.6. The zero-order chi connectivity index (χ0) is 11.0. The molecule has 1 nitrogen and oxygen atoms in total. The summed E-state index contributed by atoms with van der Waals surface area (Å²) in [5, 5.41) is 0. The Kier molecular flexibility index (Phi) is 7.09. The molecule has 1 aliphatic rings. The van der Waals surface area contributed by atoms with Crippen molar-refractivity contribution in [2.45, 2.75) is 53.4 Å². The van der Waals surface area contributed by atoms with E-state index < -0.39 is 0 Å². The summed E-state index contributed by atoms with van der Waals surface area (Å²) in [4.78, 5) is 4.15. The molecule has 14 heavy (non-hydrogen) atoms. The number of hydrogen-bond acceptors (Lipinski definition) is 1. The molecule has 1 saturated carbocycles. The molecule has 0 unspecified atom stereocenters. The molecule has 80 valence electrons. The Morgan fingerprint density at radius 2 is 1.71 bits per heavy atom. The monoisotopic (exact) mass is 193 g/mol. The van der Waals surface area contributed by atoms with Gasteiger partial charge in [0, 0.05) is 11.9 Å². The van der Waals surface area contributed by atoms with Crippen LogP contribution >= 0.6 is 0 Å². The fourth-order valence-corrected chi connectivity index (χ4v) is 1.24. The quantitative estimate of drug-likeness (QED) is 0.647. The van der Waals surface area contributed by atoms with Gasteiger partial charge in [-0.15, -0.1) is 0 Å². The molecule has 0 amide bonds. The van der Waals surface area contributed by atoms with Crippen molar-refractivity contribution < 1.29 is 0 Å². The Bertz CT molecular complexity index is 239. The number of nitrogens with zero attached hydrogens (tertiary/aromatic N) is 1. The van der Waals surface area contributed by atoms with Crippen molar-refractivity contribution in [3.8, 4) is 0 Å². The van der Waals surface area contributed by atoms with Crippen LogP contribution < -0.4 is 0 Å². The summed E-state index contributed by atoms with van der Waals surface area (Å²) in [5.41, 5.74) is 2.62. The molecule has 1 heteroatoms. The summed E-state index contributed by atoms with van der Waals surface area (Å²) in [6.07, 6.45) is 4.66. The first-order valence-electron chi connectivity index (χ1n) is 5.79. The second-order valence-electron chi connectivity index (χ2n) is 3.00. The number of aromatic nitrogens is 1. The lowest BCUT2D eigenvalue weighted by molar-refractivity contribution is 1.08. The zero-order valence-corrected chi connectivity index (χ0v) is 10.2. The van der Waals surface area contributed by atoms with Gasteiger partial charge in [0.25, 0.3) is 0 Å².